The Hall–Kier alpha value is -4.14. The van der Waals surface area contributed by atoms with Crippen molar-refractivity contribution in [2.45, 2.75) is 68.4 Å². The van der Waals surface area contributed by atoms with E-state index in [0.717, 1.165) is 42.1 Å². The third-order valence-electron chi connectivity index (χ3n) is 7.86. The Balaban J connectivity index is 1.08. The average molecular weight is 675 g/mol. The molecule has 244 valence electrons. The summed E-state index contributed by atoms with van der Waals surface area (Å²) < 4.78 is 18.9. The summed E-state index contributed by atoms with van der Waals surface area (Å²) in [6.07, 6.45) is -1.24. The number of carbonyl (C=O) groups is 3. The lowest BCUT2D eigenvalue weighted by atomic mass is 10.0. The van der Waals surface area contributed by atoms with Crippen LogP contribution in [0.5, 0.6) is 0 Å². The maximum absolute atomic E-state index is 13.0. The van der Waals surface area contributed by atoms with Crippen LogP contribution in [-0.4, -0.2) is 56.0 Å². The van der Waals surface area contributed by atoms with Crippen LogP contribution in [0, 0.1) is 6.92 Å². The number of nitrogens with one attached hydrogen (secondary N) is 1. The predicted octanol–water partition coefficient (Wildman–Crippen LogP) is 5.23. The number of alkyl carbamates (subject to hydrolysis) is 1. The van der Waals surface area contributed by atoms with Crippen LogP contribution in [0.2, 0.25) is 0 Å². The van der Waals surface area contributed by atoms with Gasteiger partial charge in [-0.3, -0.25) is 14.5 Å². The van der Waals surface area contributed by atoms with Crippen molar-refractivity contribution in [3.05, 3.63) is 112 Å². The molecule has 2 aliphatic rings. The van der Waals surface area contributed by atoms with Gasteiger partial charge in [-0.15, -0.1) is 10.2 Å². The molecule has 2 aliphatic heterocycles. The largest absolute Gasteiger partial charge is 0.445 e. The molecule has 3 heterocycles. The number of hydrogen-bond acceptors (Lipinski definition) is 11. The van der Waals surface area contributed by atoms with Crippen LogP contribution in [0.1, 0.15) is 58.1 Å². The maximum Gasteiger partial charge on any atom is 0.408 e. The first kappa shape index (κ1) is 32.8. The monoisotopic (exact) mass is 674 g/mol. The molecule has 0 saturated carbocycles. The molecule has 0 bridgehead atoms. The first-order valence-corrected chi connectivity index (χ1v) is 17.0. The van der Waals surface area contributed by atoms with E-state index in [0.29, 0.717) is 12.2 Å². The summed E-state index contributed by atoms with van der Waals surface area (Å²) in [5.74, 6) is -0.172. The van der Waals surface area contributed by atoms with Gasteiger partial charge in [-0.25, -0.2) is 4.79 Å². The fourth-order valence-corrected chi connectivity index (χ4v) is 7.21. The number of nitrogens with zero attached hydrogens (tertiary/aromatic N) is 3. The minimum absolute atomic E-state index is 0.0303. The number of aliphatic hydroxyl groups excluding tert-OH is 1. The predicted molar refractivity (Wildman–Crippen MR) is 174 cm³/mol. The maximum atomic E-state index is 13.0. The van der Waals surface area contributed by atoms with Crippen LogP contribution < -0.4 is 5.32 Å². The summed E-state index contributed by atoms with van der Waals surface area (Å²) in [5, 5.41) is 21.2. The Morgan fingerprint density at radius 1 is 0.979 bits per heavy atom. The van der Waals surface area contributed by atoms with Crippen LogP contribution in [-0.2, 0) is 43.6 Å². The topological polar surface area (TPSA) is 140 Å². The number of imide groups is 1. The second-order valence-electron chi connectivity index (χ2n) is 11.3. The molecule has 3 aromatic carbocycles. The summed E-state index contributed by atoms with van der Waals surface area (Å²) in [6, 6.07) is 23.4. The quantitative estimate of drug-likeness (QED) is 0.161. The summed E-state index contributed by atoms with van der Waals surface area (Å²) in [7, 11) is 0. The average Bonchev–Trinajstić information content (AvgIpc) is 3.64. The molecule has 4 aromatic rings. The highest BCUT2D eigenvalue weighted by Crippen LogP contribution is 2.39. The highest BCUT2D eigenvalue weighted by molar-refractivity contribution is 8.01. The smallest absolute Gasteiger partial charge is 0.408 e. The first-order chi connectivity index (χ1) is 22.8. The molecule has 0 spiro atoms. The van der Waals surface area contributed by atoms with Crippen LogP contribution in [0.4, 0.5) is 4.79 Å². The standard InChI is InChI=1S/C34H34N4O7S2/c1-21-36-37-34(47-21)46-20-27-15-29(25-11-9-23(18-39)10-12-25)45-32(44-27)26-13-7-22(8-14-26)17-38-30(40)16-28(31(38)41)35-33(42)43-19-24-5-3-2-4-6-24/h2-14,27-29,32,39H,15-20H2,1H3,(H,35,42)/t27-,28?,29+,32+/m0/s1. The zero-order chi connectivity index (χ0) is 32.8. The van der Waals surface area contributed by atoms with Crippen molar-refractivity contribution < 1.29 is 33.7 Å². The van der Waals surface area contributed by atoms with Gasteiger partial charge in [0.25, 0.3) is 5.91 Å². The summed E-state index contributed by atoms with van der Waals surface area (Å²) in [4.78, 5) is 39.2. The molecule has 6 rings (SSSR count). The van der Waals surface area contributed by atoms with Crippen molar-refractivity contribution in [3.8, 4) is 0 Å². The van der Waals surface area contributed by atoms with Gasteiger partial charge in [-0.2, -0.15) is 0 Å². The number of aryl methyl sites for hydroxylation is 1. The van der Waals surface area contributed by atoms with E-state index >= 15 is 0 Å². The number of amides is 3. The Bertz CT molecular complexity index is 1680. The Kier molecular flexibility index (Phi) is 10.6. The van der Waals surface area contributed by atoms with Crippen LogP contribution in [0.25, 0.3) is 0 Å². The Labute approximate surface area is 280 Å². The number of likely N-dealkylation sites (tertiary alicyclic amines) is 1. The fraction of sp³-hybridized carbons (Fsp3) is 0.324. The van der Waals surface area contributed by atoms with E-state index in [2.05, 4.69) is 15.5 Å². The Morgan fingerprint density at radius 2 is 1.70 bits per heavy atom. The Morgan fingerprint density at radius 3 is 2.40 bits per heavy atom. The molecule has 3 amide bonds. The molecule has 1 aromatic heterocycles. The van der Waals surface area contributed by atoms with Gasteiger partial charge in [-0.1, -0.05) is 102 Å². The van der Waals surface area contributed by atoms with Crippen molar-refractivity contribution in [3.63, 3.8) is 0 Å². The van der Waals surface area contributed by atoms with E-state index in [9.17, 15) is 19.5 Å². The molecule has 2 fully saturated rings. The molecule has 2 saturated heterocycles. The van der Waals surface area contributed by atoms with Gasteiger partial charge in [0, 0.05) is 17.7 Å². The third kappa shape index (κ3) is 8.42. The molecule has 1 unspecified atom stereocenters. The molecular formula is C34H34N4O7S2. The lowest BCUT2D eigenvalue weighted by Crippen LogP contribution is -2.41. The number of ether oxygens (including phenoxy) is 3. The third-order valence-corrected chi connectivity index (χ3v) is 9.96. The highest BCUT2D eigenvalue weighted by atomic mass is 32.2. The minimum atomic E-state index is -0.976. The van der Waals surface area contributed by atoms with E-state index in [-0.39, 0.29) is 44.3 Å². The summed E-state index contributed by atoms with van der Waals surface area (Å²) in [5.41, 5.74) is 4.18. The van der Waals surface area contributed by atoms with Crippen molar-refractivity contribution in [1.29, 1.82) is 0 Å². The lowest BCUT2D eigenvalue weighted by Gasteiger charge is -2.36. The molecule has 4 atom stereocenters. The number of benzene rings is 3. The number of carbonyl (C=O) groups excluding carboxylic acids is 3. The normalized spacial score (nSPS) is 21.2. The van der Waals surface area contributed by atoms with Gasteiger partial charge in [0.05, 0.1) is 31.8 Å². The zero-order valence-electron chi connectivity index (χ0n) is 25.6. The second kappa shape index (κ2) is 15.2. The number of aromatic nitrogens is 2. The fourth-order valence-electron chi connectivity index (χ4n) is 5.36. The SMILES string of the molecule is Cc1nnc(SC[C@@H]2C[C@H](c3ccc(CO)cc3)O[C@H](c3ccc(CN4C(=O)CC(NC(=O)OCc5ccccc5)C4=O)cc3)O2)s1. The first-order valence-electron chi connectivity index (χ1n) is 15.2. The molecule has 2 N–H and O–H groups in total. The van der Waals surface area contributed by atoms with E-state index in [1.807, 2.05) is 85.8 Å². The number of thioether (sulfide) groups is 1. The van der Waals surface area contributed by atoms with E-state index in [4.69, 9.17) is 14.2 Å². The summed E-state index contributed by atoms with van der Waals surface area (Å²) in [6.45, 7) is 2.03. The van der Waals surface area contributed by atoms with Crippen molar-refractivity contribution in [2.24, 2.45) is 0 Å². The minimum Gasteiger partial charge on any atom is -0.445 e. The van der Waals surface area contributed by atoms with Gasteiger partial charge in [0.15, 0.2) is 10.6 Å². The molecule has 11 nitrogen and oxygen atoms in total. The molecule has 0 radical (unpaired) electrons. The van der Waals surface area contributed by atoms with Crippen LogP contribution >= 0.6 is 23.1 Å². The van der Waals surface area contributed by atoms with Gasteiger partial charge in [0.1, 0.15) is 17.7 Å². The van der Waals surface area contributed by atoms with Gasteiger partial charge in [0.2, 0.25) is 5.91 Å². The lowest BCUT2D eigenvalue weighted by molar-refractivity contribution is -0.245. The number of aliphatic hydroxyl groups is 1. The molecule has 13 heteroatoms. The molecular weight excluding hydrogens is 641 g/mol. The van der Waals surface area contributed by atoms with Gasteiger partial charge < -0.3 is 24.6 Å². The number of rotatable bonds is 11. The van der Waals surface area contributed by atoms with Crippen LogP contribution in [0.3, 0.4) is 0 Å². The van der Waals surface area contributed by atoms with Crippen molar-refractivity contribution >= 4 is 41.0 Å². The molecule has 0 aliphatic carbocycles. The van der Waals surface area contributed by atoms with E-state index < -0.39 is 24.3 Å². The zero-order valence-corrected chi connectivity index (χ0v) is 27.2. The van der Waals surface area contributed by atoms with E-state index in [1.54, 1.807) is 23.1 Å². The van der Waals surface area contributed by atoms with Crippen molar-refractivity contribution in [2.75, 3.05) is 5.75 Å². The van der Waals surface area contributed by atoms with Gasteiger partial charge in [-0.05, 0) is 29.2 Å². The van der Waals surface area contributed by atoms with Crippen molar-refractivity contribution in [1.82, 2.24) is 20.4 Å². The van der Waals surface area contributed by atoms with E-state index in [1.165, 1.54) is 0 Å². The summed E-state index contributed by atoms with van der Waals surface area (Å²) >= 11 is 3.15. The second-order valence-corrected chi connectivity index (χ2v) is 13.7. The highest BCUT2D eigenvalue weighted by Gasteiger charge is 2.40. The van der Waals surface area contributed by atoms with Crippen LogP contribution in [0.15, 0.2) is 83.2 Å². The number of hydrogen-bond donors (Lipinski definition) is 2. The van der Waals surface area contributed by atoms with Gasteiger partial charge >= 0.3 is 6.09 Å². The molecule has 47 heavy (non-hydrogen) atoms.